The minimum atomic E-state index is -1.27. The van der Waals surface area contributed by atoms with E-state index in [4.69, 9.17) is 12.8 Å². The van der Waals surface area contributed by atoms with Gasteiger partial charge in [0.25, 0.3) is 22.2 Å². The second kappa shape index (κ2) is 10.1. The number of carboxylic acid groups (broad SMARTS) is 2. The molecule has 12 heteroatoms. The molecule has 0 atom stereocenters. The molecule has 0 radical (unpaired) electrons. The van der Waals surface area contributed by atoms with Gasteiger partial charge in [-0.1, -0.05) is 11.8 Å². The van der Waals surface area contributed by atoms with Crippen LogP contribution in [0.5, 0.6) is 0 Å². The summed E-state index contributed by atoms with van der Waals surface area (Å²) in [5.74, 6) is 2.14. The van der Waals surface area contributed by atoms with E-state index in [-0.39, 0.29) is 55.2 Å². The molecule has 2 N–H and O–H groups in total. The van der Waals surface area contributed by atoms with Crippen LogP contribution >= 0.6 is 22.7 Å². The van der Waals surface area contributed by atoms with Gasteiger partial charge in [0.1, 0.15) is 0 Å². The predicted octanol–water partition coefficient (Wildman–Crippen LogP) is 4.24. The SMILES string of the molecule is C#Cc1cc(C(=O)O)cc(-n2c(=O)c3cc4sc5cc6c(=O)n(-c7cc(C#C)cc(C(=O)O)c7)c(=O)c6cc5sc4cc3c2=O)c1. The van der Waals surface area contributed by atoms with Crippen LogP contribution in [0.4, 0.5) is 0 Å². The van der Waals surface area contributed by atoms with Gasteiger partial charge < -0.3 is 10.2 Å². The van der Waals surface area contributed by atoms with Crippen molar-refractivity contribution in [2.24, 2.45) is 0 Å². The molecule has 0 aliphatic carbocycles. The van der Waals surface area contributed by atoms with E-state index in [0.717, 1.165) is 9.13 Å². The third kappa shape index (κ3) is 4.21. The molecule has 0 saturated heterocycles. The fraction of sp³-hybridized carbons (Fsp3) is 0. The number of aromatic carboxylic acids is 2. The molecule has 3 heterocycles. The van der Waals surface area contributed by atoms with E-state index in [1.807, 2.05) is 0 Å². The quantitative estimate of drug-likeness (QED) is 0.214. The molecule has 7 aromatic rings. The van der Waals surface area contributed by atoms with Crippen molar-refractivity contribution < 1.29 is 19.8 Å². The first-order valence-electron chi connectivity index (χ1n) is 13.2. The molecule has 46 heavy (non-hydrogen) atoms. The van der Waals surface area contributed by atoms with Gasteiger partial charge in [-0.05, 0) is 60.7 Å². The molecule has 10 nitrogen and oxygen atoms in total. The Hall–Kier alpha value is -6.34. The highest BCUT2D eigenvalue weighted by atomic mass is 32.1. The number of hydrogen-bond donors (Lipinski definition) is 2. The van der Waals surface area contributed by atoms with Crippen LogP contribution in [-0.2, 0) is 0 Å². The van der Waals surface area contributed by atoms with Crippen molar-refractivity contribution in [3.63, 3.8) is 0 Å². The molecule has 0 unspecified atom stereocenters. The van der Waals surface area contributed by atoms with E-state index >= 15 is 0 Å². The van der Waals surface area contributed by atoms with E-state index < -0.39 is 34.2 Å². The van der Waals surface area contributed by atoms with Crippen LogP contribution in [0.15, 0.2) is 79.8 Å². The summed E-state index contributed by atoms with van der Waals surface area (Å²) in [6.45, 7) is 0. The lowest BCUT2D eigenvalue weighted by molar-refractivity contribution is 0.0686. The summed E-state index contributed by atoms with van der Waals surface area (Å²) in [4.78, 5) is 77.2. The Morgan fingerprint density at radius 3 is 1.09 bits per heavy atom. The lowest BCUT2D eigenvalue weighted by Crippen LogP contribution is -2.23. The molecule has 220 valence electrons. The third-order valence-electron chi connectivity index (χ3n) is 7.52. The number of carbonyl (C=O) groups is 2. The first-order chi connectivity index (χ1) is 22.0. The van der Waals surface area contributed by atoms with Gasteiger partial charge in [-0.2, -0.15) is 0 Å². The number of terminal acetylenes is 2. The van der Waals surface area contributed by atoms with Crippen molar-refractivity contribution >= 4 is 75.0 Å². The zero-order valence-corrected chi connectivity index (χ0v) is 24.6. The Labute approximate surface area is 263 Å². The summed E-state index contributed by atoms with van der Waals surface area (Å²) in [6, 6.07) is 14.0. The highest BCUT2D eigenvalue weighted by Crippen LogP contribution is 2.36. The number of fused-ring (bicyclic) bond motifs is 4. The fourth-order valence-electron chi connectivity index (χ4n) is 5.41. The predicted molar refractivity (Wildman–Crippen MR) is 177 cm³/mol. The highest BCUT2D eigenvalue weighted by Gasteiger charge is 2.20. The zero-order chi connectivity index (χ0) is 32.6. The van der Waals surface area contributed by atoms with Gasteiger partial charge in [0, 0.05) is 29.9 Å². The van der Waals surface area contributed by atoms with Gasteiger partial charge in [-0.3, -0.25) is 19.2 Å². The normalized spacial score (nSPS) is 11.3. The molecular weight excluding hydrogens is 629 g/mol. The van der Waals surface area contributed by atoms with E-state index in [1.54, 1.807) is 24.3 Å². The number of aromatic nitrogens is 2. The van der Waals surface area contributed by atoms with Gasteiger partial charge in [0.05, 0.1) is 44.0 Å². The molecule has 7 rings (SSSR count). The van der Waals surface area contributed by atoms with Gasteiger partial charge in [0.15, 0.2) is 0 Å². The minimum absolute atomic E-state index is 0.0295. The molecule has 0 amide bonds. The van der Waals surface area contributed by atoms with Crippen LogP contribution in [0, 0.1) is 24.7 Å². The lowest BCUT2D eigenvalue weighted by Gasteiger charge is -2.04. The summed E-state index contributed by atoms with van der Waals surface area (Å²) >= 11 is 2.49. The van der Waals surface area contributed by atoms with E-state index in [2.05, 4.69) is 11.8 Å². The van der Waals surface area contributed by atoms with E-state index in [1.165, 1.54) is 59.1 Å². The van der Waals surface area contributed by atoms with Gasteiger partial charge in [0.2, 0.25) is 0 Å². The second-order valence-corrected chi connectivity index (χ2v) is 12.4. The summed E-state index contributed by atoms with van der Waals surface area (Å²) in [5, 5.41) is 19.4. The summed E-state index contributed by atoms with van der Waals surface area (Å²) in [5.41, 5.74) is -2.51. The number of hydrogen-bond acceptors (Lipinski definition) is 8. The Bertz CT molecular complexity index is 2570. The van der Waals surface area contributed by atoms with Crippen LogP contribution in [0.3, 0.4) is 0 Å². The molecule has 0 saturated carbocycles. The van der Waals surface area contributed by atoms with Crippen LogP contribution in [0.1, 0.15) is 31.8 Å². The standard InChI is InChI=1S/C34H14N2O8S2/c1-3-15-5-17(33(41)42)9-19(7-15)35-29(37)21-11-25-26(12-22(21)30(35)38)46-28-14-24-23(13-27(28)45-25)31(39)36(32(24)40)20-8-16(4-2)6-18(10-20)34(43)44/h1-2,5-14H,(H,41,42)(H,43,44). The minimum Gasteiger partial charge on any atom is -0.478 e. The molecule has 4 aromatic carbocycles. The number of carboxylic acids is 2. The van der Waals surface area contributed by atoms with Gasteiger partial charge >= 0.3 is 11.9 Å². The van der Waals surface area contributed by atoms with Crippen molar-refractivity contribution in [1.82, 2.24) is 9.13 Å². The average molecular weight is 643 g/mol. The number of benzene rings is 4. The number of nitrogens with zero attached hydrogens (tertiary/aromatic N) is 2. The Balaban J connectivity index is 1.45. The molecule has 0 aliphatic heterocycles. The van der Waals surface area contributed by atoms with Crippen LogP contribution < -0.4 is 22.2 Å². The molecule has 0 fully saturated rings. The first-order valence-corrected chi connectivity index (χ1v) is 14.8. The Morgan fingerprint density at radius 2 is 0.826 bits per heavy atom. The smallest absolute Gasteiger partial charge is 0.335 e. The topological polar surface area (TPSA) is 153 Å². The van der Waals surface area contributed by atoms with Crippen molar-refractivity contribution in [2.45, 2.75) is 0 Å². The average Bonchev–Trinajstić information content (AvgIpc) is 3.43. The van der Waals surface area contributed by atoms with Crippen LogP contribution in [0.25, 0.3) is 51.7 Å². The molecule has 3 aromatic heterocycles. The fourth-order valence-corrected chi connectivity index (χ4v) is 7.73. The molecule has 0 aliphatic rings. The maximum atomic E-state index is 13.5. The first kappa shape index (κ1) is 28.4. The van der Waals surface area contributed by atoms with Crippen LogP contribution in [0.2, 0.25) is 0 Å². The summed E-state index contributed by atoms with van der Waals surface area (Å²) < 4.78 is 4.29. The maximum absolute atomic E-state index is 13.5. The maximum Gasteiger partial charge on any atom is 0.335 e. The largest absolute Gasteiger partial charge is 0.478 e. The molecule has 0 bridgehead atoms. The number of rotatable bonds is 4. The lowest BCUT2D eigenvalue weighted by atomic mass is 10.1. The third-order valence-corrected chi connectivity index (χ3v) is 10.0. The van der Waals surface area contributed by atoms with Crippen molar-refractivity contribution in [2.75, 3.05) is 0 Å². The highest BCUT2D eigenvalue weighted by molar-refractivity contribution is 7.36. The second-order valence-electron chi connectivity index (χ2n) is 10.2. The molecule has 0 spiro atoms. The zero-order valence-electron chi connectivity index (χ0n) is 23.0. The summed E-state index contributed by atoms with van der Waals surface area (Å²) in [6.07, 6.45) is 10.9. The monoisotopic (exact) mass is 642 g/mol. The summed E-state index contributed by atoms with van der Waals surface area (Å²) in [7, 11) is 0. The van der Waals surface area contributed by atoms with Gasteiger partial charge in [-0.25, -0.2) is 18.7 Å². The van der Waals surface area contributed by atoms with Crippen molar-refractivity contribution in [3.05, 3.63) is 124 Å². The van der Waals surface area contributed by atoms with E-state index in [0.29, 0.717) is 18.8 Å². The van der Waals surface area contributed by atoms with Crippen molar-refractivity contribution in [3.8, 4) is 36.1 Å². The van der Waals surface area contributed by atoms with Crippen molar-refractivity contribution in [1.29, 1.82) is 0 Å². The molecular formula is C34H14N2O8S2. The Kier molecular flexibility index (Phi) is 6.25. The van der Waals surface area contributed by atoms with Gasteiger partial charge in [-0.15, -0.1) is 35.5 Å². The Morgan fingerprint density at radius 1 is 0.522 bits per heavy atom. The van der Waals surface area contributed by atoms with Crippen LogP contribution in [-0.4, -0.2) is 31.3 Å². The van der Waals surface area contributed by atoms with E-state index in [9.17, 15) is 39.0 Å².